The Morgan fingerprint density at radius 2 is 1.97 bits per heavy atom. The second-order valence-electron chi connectivity index (χ2n) is 8.02. The summed E-state index contributed by atoms with van der Waals surface area (Å²) < 4.78 is 11.9. The number of fused-ring (bicyclic) bond motifs is 2. The van der Waals surface area contributed by atoms with Gasteiger partial charge in [-0.15, -0.1) is 0 Å². The van der Waals surface area contributed by atoms with Crippen molar-refractivity contribution in [2.75, 3.05) is 30.9 Å². The Labute approximate surface area is 196 Å². The van der Waals surface area contributed by atoms with E-state index in [2.05, 4.69) is 25.9 Å². The summed E-state index contributed by atoms with van der Waals surface area (Å²) in [6.45, 7) is 0.888. The molecule has 3 aromatic rings. The quantitative estimate of drug-likeness (QED) is 0.320. The summed E-state index contributed by atoms with van der Waals surface area (Å²) in [6.07, 6.45) is 9.31. The monoisotopic (exact) mass is 467 g/mol. The van der Waals surface area contributed by atoms with Gasteiger partial charge in [-0.1, -0.05) is 24.4 Å². The Balaban J connectivity index is 1.53. The summed E-state index contributed by atoms with van der Waals surface area (Å²) in [5.74, 6) is 2.34. The van der Waals surface area contributed by atoms with E-state index in [1.807, 2.05) is 12.1 Å². The van der Waals surface area contributed by atoms with Crippen LogP contribution in [0, 0.1) is 5.41 Å². The molecular weight excluding hydrogens is 442 g/mol. The standard InChI is InChI=1S/C23H26ClN7O2/c1-26-16(8-9-25)14-6-7-17(20-19(14)32-10-11-33-20)29-23-30-21-18(15(24)12-27-21)22(31-23)28-13-4-2-3-5-13/h6-9,12-13,25-26H,2-5,10-11H2,1H3,(H3,27,28,29,30,31)/b16-8-,25-9?. The van der Waals surface area contributed by atoms with Crippen LogP contribution in [0.15, 0.2) is 24.4 Å². The smallest absolute Gasteiger partial charge is 0.231 e. The third kappa shape index (κ3) is 4.16. The molecule has 1 fully saturated rings. The molecule has 3 heterocycles. The molecule has 1 aliphatic heterocycles. The minimum Gasteiger partial charge on any atom is -0.485 e. The van der Waals surface area contributed by atoms with Crippen LogP contribution in [0.4, 0.5) is 17.5 Å². The summed E-state index contributed by atoms with van der Waals surface area (Å²) in [5, 5.41) is 18.8. The number of allylic oxidation sites excluding steroid dienone is 1. The largest absolute Gasteiger partial charge is 0.485 e. The number of aromatic nitrogens is 3. The van der Waals surface area contributed by atoms with Crippen LogP contribution in [0.3, 0.4) is 0 Å². The van der Waals surface area contributed by atoms with Crippen molar-refractivity contribution in [1.82, 2.24) is 20.3 Å². The molecule has 0 atom stereocenters. The molecule has 0 unspecified atom stereocenters. The minimum atomic E-state index is 0.381. The summed E-state index contributed by atoms with van der Waals surface area (Å²) in [5.41, 5.74) is 2.94. The van der Waals surface area contributed by atoms with E-state index in [1.165, 1.54) is 19.1 Å². The molecule has 5 rings (SSSR count). The molecule has 172 valence electrons. The number of benzene rings is 1. The Morgan fingerprint density at radius 3 is 2.73 bits per heavy atom. The molecule has 5 N–H and O–H groups in total. The second-order valence-corrected chi connectivity index (χ2v) is 8.43. The van der Waals surface area contributed by atoms with Gasteiger partial charge < -0.3 is 35.8 Å². The summed E-state index contributed by atoms with van der Waals surface area (Å²) in [6, 6.07) is 4.20. The molecule has 1 saturated carbocycles. The van der Waals surface area contributed by atoms with Crippen LogP contribution < -0.4 is 25.4 Å². The number of H-pyrrole nitrogens is 1. The van der Waals surface area contributed by atoms with E-state index >= 15 is 0 Å². The van der Waals surface area contributed by atoms with Gasteiger partial charge in [0.05, 0.1) is 16.1 Å². The van der Waals surface area contributed by atoms with Gasteiger partial charge in [-0.25, -0.2) is 0 Å². The maximum absolute atomic E-state index is 7.42. The van der Waals surface area contributed by atoms with Gasteiger partial charge in [0.1, 0.15) is 24.7 Å². The van der Waals surface area contributed by atoms with Crippen molar-refractivity contribution in [3.63, 3.8) is 0 Å². The van der Waals surface area contributed by atoms with Crippen molar-refractivity contribution >= 4 is 52.0 Å². The molecule has 0 radical (unpaired) electrons. The lowest BCUT2D eigenvalue weighted by molar-refractivity contribution is 0.172. The zero-order valence-electron chi connectivity index (χ0n) is 18.3. The number of nitrogens with zero attached hydrogens (tertiary/aromatic N) is 2. The van der Waals surface area contributed by atoms with Gasteiger partial charge >= 0.3 is 0 Å². The van der Waals surface area contributed by atoms with Gasteiger partial charge in [0.15, 0.2) is 11.5 Å². The number of nitrogens with one attached hydrogen (secondary N) is 5. The molecule has 0 amide bonds. The third-order valence-electron chi connectivity index (χ3n) is 5.92. The summed E-state index contributed by atoms with van der Waals surface area (Å²) in [7, 11) is 1.81. The predicted octanol–water partition coefficient (Wildman–Crippen LogP) is 4.69. The maximum atomic E-state index is 7.42. The molecule has 0 spiro atoms. The van der Waals surface area contributed by atoms with Crippen LogP contribution in [0.2, 0.25) is 5.02 Å². The summed E-state index contributed by atoms with van der Waals surface area (Å²) >= 11 is 6.42. The van der Waals surface area contributed by atoms with Crippen molar-refractivity contribution in [2.24, 2.45) is 0 Å². The predicted molar refractivity (Wildman–Crippen MR) is 131 cm³/mol. The van der Waals surface area contributed by atoms with Crippen LogP contribution >= 0.6 is 11.6 Å². The molecule has 2 aliphatic rings. The average molecular weight is 468 g/mol. The average Bonchev–Trinajstić information content (AvgIpc) is 3.48. The SMILES string of the molecule is CN/C(=C\C=N)c1ccc(Nc2nc(NC3CCCC3)c3c(Cl)c[nH]c3n2)c2c1OCCO2. The molecular formula is C23H26ClN7O2. The highest BCUT2D eigenvalue weighted by molar-refractivity contribution is 6.36. The zero-order valence-corrected chi connectivity index (χ0v) is 19.1. The number of hydrogen-bond donors (Lipinski definition) is 5. The molecule has 9 nitrogen and oxygen atoms in total. The lowest BCUT2D eigenvalue weighted by atomic mass is 10.1. The second kappa shape index (κ2) is 9.19. The van der Waals surface area contributed by atoms with Crippen LogP contribution in [0.25, 0.3) is 16.7 Å². The topological polar surface area (TPSA) is 120 Å². The van der Waals surface area contributed by atoms with Crippen LogP contribution in [0.5, 0.6) is 11.5 Å². The van der Waals surface area contributed by atoms with Gasteiger partial charge in [0, 0.05) is 36.8 Å². The Hall–Kier alpha value is -3.46. The molecule has 2 aromatic heterocycles. The van der Waals surface area contributed by atoms with Crippen molar-refractivity contribution in [3.05, 3.63) is 35.0 Å². The normalized spacial score (nSPS) is 16.1. The van der Waals surface area contributed by atoms with Gasteiger partial charge in [-0.3, -0.25) is 0 Å². The summed E-state index contributed by atoms with van der Waals surface area (Å²) in [4.78, 5) is 12.5. The first-order chi connectivity index (χ1) is 16.2. The van der Waals surface area contributed by atoms with Crippen LogP contribution in [-0.4, -0.2) is 47.5 Å². The molecule has 10 heteroatoms. The number of hydrogen-bond acceptors (Lipinski definition) is 8. The third-order valence-corrected chi connectivity index (χ3v) is 6.22. The first-order valence-electron chi connectivity index (χ1n) is 11.1. The Kier molecular flexibility index (Phi) is 5.95. The van der Waals surface area contributed by atoms with Gasteiger partial charge in [0.25, 0.3) is 0 Å². The number of aromatic amines is 1. The lowest BCUT2D eigenvalue weighted by Gasteiger charge is -2.24. The zero-order chi connectivity index (χ0) is 22.8. The highest BCUT2D eigenvalue weighted by Gasteiger charge is 2.24. The fourth-order valence-corrected chi connectivity index (χ4v) is 4.61. The molecule has 0 saturated heterocycles. The Bertz CT molecular complexity index is 1220. The molecule has 1 aliphatic carbocycles. The number of ether oxygens (including phenoxy) is 2. The van der Waals surface area contributed by atoms with E-state index in [0.29, 0.717) is 53.1 Å². The van der Waals surface area contributed by atoms with Crippen LogP contribution in [0.1, 0.15) is 31.2 Å². The Morgan fingerprint density at radius 1 is 1.18 bits per heavy atom. The van der Waals surface area contributed by atoms with Crippen molar-refractivity contribution in [3.8, 4) is 11.5 Å². The van der Waals surface area contributed by atoms with Gasteiger partial charge in [0.2, 0.25) is 5.95 Å². The molecule has 33 heavy (non-hydrogen) atoms. The first kappa shape index (κ1) is 21.4. The van der Waals surface area contributed by atoms with E-state index < -0.39 is 0 Å². The van der Waals surface area contributed by atoms with Crippen molar-refractivity contribution in [2.45, 2.75) is 31.7 Å². The van der Waals surface area contributed by atoms with Gasteiger partial charge in [-0.2, -0.15) is 9.97 Å². The van der Waals surface area contributed by atoms with Crippen LogP contribution in [-0.2, 0) is 0 Å². The fraction of sp³-hybridized carbons (Fsp3) is 0.348. The van der Waals surface area contributed by atoms with E-state index in [-0.39, 0.29) is 0 Å². The highest BCUT2D eigenvalue weighted by Crippen LogP contribution is 2.43. The molecule has 0 bridgehead atoms. The minimum absolute atomic E-state index is 0.381. The number of rotatable bonds is 7. The number of anilines is 3. The first-order valence-corrected chi connectivity index (χ1v) is 11.5. The lowest BCUT2D eigenvalue weighted by Crippen LogP contribution is -2.19. The van der Waals surface area contributed by atoms with Gasteiger partial charge in [-0.05, 0) is 31.1 Å². The van der Waals surface area contributed by atoms with E-state index in [9.17, 15) is 0 Å². The van der Waals surface area contributed by atoms with E-state index in [1.54, 1.807) is 19.3 Å². The highest BCUT2D eigenvalue weighted by atomic mass is 35.5. The van der Waals surface area contributed by atoms with Crippen molar-refractivity contribution < 1.29 is 9.47 Å². The molecule has 1 aromatic carbocycles. The van der Waals surface area contributed by atoms with E-state index in [0.717, 1.165) is 35.3 Å². The van der Waals surface area contributed by atoms with Crippen molar-refractivity contribution in [1.29, 1.82) is 5.41 Å². The number of halogens is 1. The fourth-order valence-electron chi connectivity index (χ4n) is 4.38. The maximum Gasteiger partial charge on any atom is 0.231 e. The van der Waals surface area contributed by atoms with E-state index in [4.69, 9.17) is 31.5 Å².